The molecule has 0 aliphatic carbocycles. The fourth-order valence-electron chi connectivity index (χ4n) is 3.37. The third-order valence-corrected chi connectivity index (χ3v) is 6.12. The molecule has 0 spiro atoms. The first-order chi connectivity index (χ1) is 13.1. The second-order valence-electron chi connectivity index (χ2n) is 7.10. The number of halogens is 1. The van der Waals surface area contributed by atoms with E-state index in [1.54, 1.807) is 12.1 Å². The molecule has 1 aliphatic rings. The Morgan fingerprint density at radius 2 is 1.96 bits per heavy atom. The second-order valence-corrected chi connectivity index (χ2v) is 9.45. The highest BCUT2D eigenvalue weighted by Gasteiger charge is 2.35. The number of amides is 1. The zero-order chi connectivity index (χ0) is 20.6. The van der Waals surface area contributed by atoms with E-state index in [1.165, 1.54) is 6.07 Å². The van der Waals surface area contributed by atoms with Crippen LogP contribution in [0.15, 0.2) is 36.4 Å². The highest BCUT2D eigenvalue weighted by atomic mass is 35.5. The number of benzene rings is 2. The molecular weight excluding hydrogens is 400 g/mol. The summed E-state index contributed by atoms with van der Waals surface area (Å²) in [6, 6.07) is 10.5. The van der Waals surface area contributed by atoms with Crippen molar-refractivity contribution in [1.29, 1.82) is 0 Å². The van der Waals surface area contributed by atoms with E-state index in [-0.39, 0.29) is 18.5 Å². The van der Waals surface area contributed by atoms with E-state index in [0.717, 1.165) is 27.3 Å². The summed E-state index contributed by atoms with van der Waals surface area (Å²) in [7, 11) is -3.60. The Morgan fingerprint density at radius 3 is 2.61 bits per heavy atom. The monoisotopic (exact) mass is 422 g/mol. The Bertz CT molecular complexity index is 1020. The predicted molar refractivity (Wildman–Crippen MR) is 111 cm³/mol. The Labute approximate surface area is 170 Å². The van der Waals surface area contributed by atoms with E-state index < -0.39 is 16.1 Å². The molecule has 0 radical (unpaired) electrons. The van der Waals surface area contributed by atoms with Crippen LogP contribution in [-0.2, 0) is 14.8 Å². The smallest absolute Gasteiger partial charge is 0.263 e. The van der Waals surface area contributed by atoms with Gasteiger partial charge in [-0.3, -0.25) is 9.10 Å². The van der Waals surface area contributed by atoms with Crippen molar-refractivity contribution in [3.63, 3.8) is 0 Å². The Hall–Kier alpha value is -2.25. The third kappa shape index (κ3) is 4.25. The lowest BCUT2D eigenvalue weighted by molar-refractivity contribution is -0.128. The lowest BCUT2D eigenvalue weighted by Gasteiger charge is -2.34. The van der Waals surface area contributed by atoms with Crippen molar-refractivity contribution in [2.45, 2.75) is 32.9 Å². The minimum absolute atomic E-state index is 0.113. The summed E-state index contributed by atoms with van der Waals surface area (Å²) in [5.41, 5.74) is 3.56. The molecule has 2 atom stereocenters. The zero-order valence-electron chi connectivity index (χ0n) is 16.2. The van der Waals surface area contributed by atoms with Crippen LogP contribution in [-0.4, -0.2) is 33.2 Å². The lowest BCUT2D eigenvalue weighted by atomic mass is 10.00. The number of fused-ring (bicyclic) bond motifs is 1. The first kappa shape index (κ1) is 20.5. The van der Waals surface area contributed by atoms with Crippen LogP contribution >= 0.6 is 11.6 Å². The van der Waals surface area contributed by atoms with Crippen molar-refractivity contribution in [3.8, 4) is 5.75 Å². The van der Waals surface area contributed by atoms with Gasteiger partial charge in [0.25, 0.3) is 5.91 Å². The third-order valence-electron chi connectivity index (χ3n) is 4.73. The van der Waals surface area contributed by atoms with Crippen LogP contribution < -0.4 is 14.4 Å². The van der Waals surface area contributed by atoms with Crippen molar-refractivity contribution >= 4 is 33.2 Å². The van der Waals surface area contributed by atoms with Crippen molar-refractivity contribution in [2.24, 2.45) is 0 Å². The number of rotatable bonds is 4. The first-order valence-corrected chi connectivity index (χ1v) is 11.1. The summed E-state index contributed by atoms with van der Waals surface area (Å²) in [5.74, 6) is -0.0675. The number of anilines is 1. The number of aryl methyl sites for hydroxylation is 2. The molecule has 2 aromatic carbocycles. The molecule has 0 fully saturated rings. The van der Waals surface area contributed by atoms with E-state index in [0.29, 0.717) is 16.5 Å². The van der Waals surface area contributed by atoms with Gasteiger partial charge in [-0.1, -0.05) is 35.4 Å². The maximum atomic E-state index is 12.8. The van der Waals surface area contributed by atoms with Crippen LogP contribution in [0.2, 0.25) is 5.02 Å². The van der Waals surface area contributed by atoms with E-state index in [9.17, 15) is 13.2 Å². The molecule has 3 rings (SSSR count). The average Bonchev–Trinajstić information content (AvgIpc) is 2.59. The zero-order valence-corrected chi connectivity index (χ0v) is 17.8. The van der Waals surface area contributed by atoms with Crippen LogP contribution in [0, 0.1) is 13.8 Å². The average molecular weight is 423 g/mol. The van der Waals surface area contributed by atoms with Crippen molar-refractivity contribution in [1.82, 2.24) is 5.32 Å². The van der Waals surface area contributed by atoms with Gasteiger partial charge in [0.15, 0.2) is 6.10 Å². The largest absolute Gasteiger partial charge is 0.476 e. The standard InChI is InChI=1S/C20H23ClN2O4S/c1-12-5-7-16(13(2)9-12)14(3)22-20(24)19-11-23(28(4,25)26)17-10-15(21)6-8-18(17)27-19/h5-10,14,19H,11H2,1-4H3,(H,22,24)/t14-,19-/m0/s1. The summed E-state index contributed by atoms with van der Waals surface area (Å²) in [4.78, 5) is 12.8. The molecule has 1 heterocycles. The van der Waals surface area contributed by atoms with Crippen LogP contribution in [0.25, 0.3) is 0 Å². The van der Waals surface area contributed by atoms with Gasteiger partial charge < -0.3 is 10.1 Å². The highest BCUT2D eigenvalue weighted by Crippen LogP contribution is 2.37. The molecule has 0 bridgehead atoms. The van der Waals surface area contributed by atoms with Gasteiger partial charge in [0.2, 0.25) is 10.0 Å². The number of hydrogen-bond donors (Lipinski definition) is 1. The Kier molecular flexibility index (Phi) is 5.59. The van der Waals surface area contributed by atoms with E-state index in [4.69, 9.17) is 16.3 Å². The first-order valence-electron chi connectivity index (χ1n) is 8.87. The molecule has 28 heavy (non-hydrogen) atoms. The number of sulfonamides is 1. The maximum absolute atomic E-state index is 12.8. The molecular formula is C20H23ClN2O4S. The van der Waals surface area contributed by atoms with Gasteiger partial charge in [0, 0.05) is 5.02 Å². The van der Waals surface area contributed by atoms with Gasteiger partial charge in [-0.25, -0.2) is 8.42 Å². The van der Waals surface area contributed by atoms with Gasteiger partial charge in [0.05, 0.1) is 24.5 Å². The summed E-state index contributed by atoms with van der Waals surface area (Å²) in [6.07, 6.45) is 0.132. The van der Waals surface area contributed by atoms with Crippen LogP contribution in [0.1, 0.15) is 29.7 Å². The minimum Gasteiger partial charge on any atom is -0.476 e. The number of ether oxygens (including phenoxy) is 1. The quantitative estimate of drug-likeness (QED) is 0.819. The van der Waals surface area contributed by atoms with Gasteiger partial charge in [-0.2, -0.15) is 0 Å². The maximum Gasteiger partial charge on any atom is 0.263 e. The molecule has 0 unspecified atom stereocenters. The van der Waals surface area contributed by atoms with Crippen LogP contribution in [0.5, 0.6) is 5.75 Å². The fourth-order valence-corrected chi connectivity index (χ4v) is 4.44. The van der Waals surface area contributed by atoms with Crippen LogP contribution in [0.4, 0.5) is 5.69 Å². The summed E-state index contributed by atoms with van der Waals surface area (Å²) in [5, 5.41) is 3.32. The molecule has 8 heteroatoms. The van der Waals surface area contributed by atoms with Crippen LogP contribution in [0.3, 0.4) is 0 Å². The van der Waals surface area contributed by atoms with Gasteiger partial charge >= 0.3 is 0 Å². The van der Waals surface area contributed by atoms with Crippen molar-refractivity contribution < 1.29 is 17.9 Å². The Morgan fingerprint density at radius 1 is 1.25 bits per heavy atom. The molecule has 1 amide bonds. The summed E-state index contributed by atoms with van der Waals surface area (Å²) in [6.45, 7) is 5.78. The Balaban J connectivity index is 1.83. The normalized spacial score (nSPS) is 17.5. The minimum atomic E-state index is -3.60. The number of carbonyl (C=O) groups is 1. The molecule has 1 N–H and O–H groups in total. The number of nitrogens with zero attached hydrogens (tertiary/aromatic N) is 1. The SMILES string of the molecule is Cc1ccc([C@H](C)NC(=O)[C@@H]2CN(S(C)(=O)=O)c3cc(Cl)ccc3O2)c(C)c1. The van der Waals surface area contributed by atoms with Gasteiger partial charge in [0.1, 0.15) is 5.75 Å². The number of nitrogens with one attached hydrogen (secondary N) is 1. The summed E-state index contributed by atoms with van der Waals surface area (Å²) < 4.78 is 31.4. The van der Waals surface area contributed by atoms with E-state index in [2.05, 4.69) is 11.4 Å². The molecule has 6 nitrogen and oxygen atoms in total. The topological polar surface area (TPSA) is 75.7 Å². The molecule has 150 valence electrons. The molecule has 1 aliphatic heterocycles. The lowest BCUT2D eigenvalue weighted by Crippen LogP contribution is -2.50. The summed E-state index contributed by atoms with van der Waals surface area (Å²) >= 11 is 6.00. The molecule has 2 aromatic rings. The molecule has 0 aromatic heterocycles. The highest BCUT2D eigenvalue weighted by molar-refractivity contribution is 7.92. The van der Waals surface area contributed by atoms with Crippen molar-refractivity contribution in [3.05, 3.63) is 58.1 Å². The molecule has 0 saturated carbocycles. The molecule has 0 saturated heterocycles. The van der Waals surface area contributed by atoms with E-state index in [1.807, 2.05) is 32.9 Å². The van der Waals surface area contributed by atoms with E-state index >= 15 is 0 Å². The van der Waals surface area contributed by atoms with Crippen molar-refractivity contribution in [2.75, 3.05) is 17.1 Å². The fraction of sp³-hybridized carbons (Fsp3) is 0.350. The number of hydrogen-bond acceptors (Lipinski definition) is 4. The number of carbonyl (C=O) groups excluding carboxylic acids is 1. The second kappa shape index (κ2) is 7.64. The predicted octanol–water partition coefficient (Wildman–Crippen LogP) is 3.36. The van der Waals surface area contributed by atoms with Gasteiger partial charge in [-0.15, -0.1) is 0 Å². The van der Waals surface area contributed by atoms with Gasteiger partial charge in [-0.05, 0) is 50.1 Å².